The number of aliphatic hydroxyl groups is 3. The van der Waals surface area contributed by atoms with Gasteiger partial charge in [-0.1, -0.05) is 96.8 Å². The molecule has 8 nitrogen and oxygen atoms in total. The average molecular weight is 509 g/mol. The summed E-state index contributed by atoms with van der Waals surface area (Å²) in [6.45, 7) is 3.45. The number of aliphatic carboxylic acids is 1. The van der Waals surface area contributed by atoms with E-state index in [2.05, 4.69) is 6.92 Å². The molecule has 212 valence electrons. The van der Waals surface area contributed by atoms with Crippen LogP contribution in [0.1, 0.15) is 110 Å². The largest absolute Gasteiger partial charge is 0.481 e. The van der Waals surface area contributed by atoms with Crippen molar-refractivity contribution in [3.05, 3.63) is 0 Å². The van der Waals surface area contributed by atoms with Crippen molar-refractivity contribution in [2.75, 3.05) is 52.9 Å². The molecule has 0 aromatic heterocycles. The summed E-state index contributed by atoms with van der Waals surface area (Å²) in [4.78, 5) is 10.3. The van der Waals surface area contributed by atoms with E-state index in [1.807, 2.05) is 0 Å². The first-order chi connectivity index (χ1) is 17.1. The average Bonchev–Trinajstić information content (AvgIpc) is 2.85. The van der Waals surface area contributed by atoms with Gasteiger partial charge in [-0.3, -0.25) is 4.79 Å². The van der Waals surface area contributed by atoms with Crippen LogP contribution in [0.25, 0.3) is 0 Å². The predicted octanol–water partition coefficient (Wildman–Crippen LogP) is 4.71. The molecule has 0 unspecified atom stereocenters. The van der Waals surface area contributed by atoms with Crippen molar-refractivity contribution < 1.29 is 39.4 Å². The van der Waals surface area contributed by atoms with Crippen LogP contribution >= 0.6 is 0 Å². The van der Waals surface area contributed by atoms with Gasteiger partial charge >= 0.3 is 5.97 Å². The molecule has 35 heavy (non-hydrogen) atoms. The molecule has 0 rings (SSSR count). The fourth-order valence-corrected chi connectivity index (χ4v) is 3.57. The van der Waals surface area contributed by atoms with Gasteiger partial charge in [-0.05, 0) is 6.42 Å². The lowest BCUT2D eigenvalue weighted by Gasteiger charge is -2.17. The quantitative estimate of drug-likeness (QED) is 0.118. The van der Waals surface area contributed by atoms with E-state index in [0.29, 0.717) is 19.6 Å². The summed E-state index contributed by atoms with van der Waals surface area (Å²) in [5.74, 6) is -0.653. The smallest absolute Gasteiger partial charge is 0.303 e. The summed E-state index contributed by atoms with van der Waals surface area (Å²) in [5, 5.41) is 34.1. The minimum absolute atomic E-state index is 0.0375. The molecule has 4 N–H and O–H groups in total. The Bertz CT molecular complexity index is 385. The number of unbranched alkanes of at least 4 members (excludes halogenated alkanes) is 14. The second kappa shape index (κ2) is 33.2. The molecule has 0 amide bonds. The number of hydrogen-bond acceptors (Lipinski definition) is 7. The highest BCUT2D eigenvalue weighted by Crippen LogP contribution is 2.13. The van der Waals surface area contributed by atoms with Crippen LogP contribution in [0.2, 0.25) is 0 Å². The number of ether oxygens (including phenoxy) is 3. The minimum atomic E-state index is -0.653. The Hall–Kier alpha value is -0.770. The Morgan fingerprint density at radius 2 is 0.971 bits per heavy atom. The molecule has 0 saturated heterocycles. The summed E-state index contributed by atoms with van der Waals surface area (Å²) in [6.07, 6.45) is 19.9. The molecule has 0 fully saturated rings. The van der Waals surface area contributed by atoms with E-state index in [1.54, 1.807) is 0 Å². The van der Waals surface area contributed by atoms with Gasteiger partial charge in [-0.15, -0.1) is 0 Å². The maximum absolute atomic E-state index is 10.3. The highest BCUT2D eigenvalue weighted by molar-refractivity contribution is 5.66. The van der Waals surface area contributed by atoms with Crippen molar-refractivity contribution in [1.29, 1.82) is 0 Å². The lowest BCUT2D eigenvalue weighted by molar-refractivity contribution is -0.137. The van der Waals surface area contributed by atoms with E-state index >= 15 is 0 Å². The Balaban J connectivity index is 0. The molecular formula is C27H56O8. The van der Waals surface area contributed by atoms with Crippen molar-refractivity contribution in [3.8, 4) is 0 Å². The SMILES string of the molecule is CCCCCCCCCCCCCCCCCC(=O)O.OCCOCC(COCCO)OCCO. The van der Waals surface area contributed by atoms with Gasteiger partial charge in [0.15, 0.2) is 0 Å². The molecule has 0 aliphatic carbocycles. The van der Waals surface area contributed by atoms with Crippen LogP contribution in [0.15, 0.2) is 0 Å². The topological polar surface area (TPSA) is 126 Å². The normalized spacial score (nSPS) is 11.0. The van der Waals surface area contributed by atoms with Crippen molar-refractivity contribution in [3.63, 3.8) is 0 Å². The van der Waals surface area contributed by atoms with E-state index in [9.17, 15) is 4.79 Å². The fraction of sp³-hybridized carbons (Fsp3) is 0.963. The van der Waals surface area contributed by atoms with Gasteiger partial charge in [0.25, 0.3) is 0 Å². The second-order valence-electron chi connectivity index (χ2n) is 8.91. The van der Waals surface area contributed by atoms with E-state index in [4.69, 9.17) is 34.6 Å². The van der Waals surface area contributed by atoms with E-state index in [0.717, 1.165) is 12.8 Å². The second-order valence-corrected chi connectivity index (χ2v) is 8.91. The van der Waals surface area contributed by atoms with Crippen molar-refractivity contribution >= 4 is 5.97 Å². The molecule has 0 radical (unpaired) electrons. The molecule has 8 heteroatoms. The van der Waals surface area contributed by atoms with Gasteiger partial charge < -0.3 is 34.6 Å². The van der Waals surface area contributed by atoms with Crippen LogP contribution < -0.4 is 0 Å². The van der Waals surface area contributed by atoms with Gasteiger partial charge in [0, 0.05) is 6.42 Å². The van der Waals surface area contributed by atoms with Gasteiger partial charge in [-0.25, -0.2) is 0 Å². The first-order valence-corrected chi connectivity index (χ1v) is 13.9. The fourth-order valence-electron chi connectivity index (χ4n) is 3.57. The zero-order valence-corrected chi connectivity index (χ0v) is 22.5. The first kappa shape index (κ1) is 36.4. The highest BCUT2D eigenvalue weighted by atomic mass is 16.6. The molecule has 0 spiro atoms. The summed E-state index contributed by atoms with van der Waals surface area (Å²) in [7, 11) is 0. The third-order valence-corrected chi connectivity index (χ3v) is 5.52. The van der Waals surface area contributed by atoms with Crippen LogP contribution in [-0.4, -0.2) is 85.4 Å². The lowest BCUT2D eigenvalue weighted by atomic mass is 10.0. The number of carbonyl (C=O) groups is 1. The highest BCUT2D eigenvalue weighted by Gasteiger charge is 2.09. The zero-order valence-electron chi connectivity index (χ0n) is 22.5. The Morgan fingerprint density at radius 1 is 0.600 bits per heavy atom. The molecule has 0 saturated carbocycles. The summed E-state index contributed by atoms with van der Waals surface area (Å²) in [5.41, 5.74) is 0. The number of aliphatic hydroxyl groups excluding tert-OH is 3. The van der Waals surface area contributed by atoms with Gasteiger partial charge in [0.1, 0.15) is 6.10 Å². The zero-order chi connectivity index (χ0) is 26.2. The molecule has 0 aromatic carbocycles. The van der Waals surface area contributed by atoms with Crippen LogP contribution in [-0.2, 0) is 19.0 Å². The Kier molecular flexibility index (Phi) is 34.5. The number of hydrogen-bond donors (Lipinski definition) is 4. The summed E-state index contributed by atoms with van der Waals surface area (Å²) < 4.78 is 15.4. The van der Waals surface area contributed by atoms with Crippen molar-refractivity contribution in [1.82, 2.24) is 0 Å². The van der Waals surface area contributed by atoms with Crippen LogP contribution in [0.4, 0.5) is 0 Å². The predicted molar refractivity (Wildman–Crippen MR) is 140 cm³/mol. The molecule has 0 atom stereocenters. The van der Waals surface area contributed by atoms with E-state index in [1.165, 1.54) is 83.5 Å². The third-order valence-electron chi connectivity index (χ3n) is 5.52. The van der Waals surface area contributed by atoms with Gasteiger partial charge in [0.05, 0.1) is 52.9 Å². The van der Waals surface area contributed by atoms with Gasteiger partial charge in [0.2, 0.25) is 0 Å². The van der Waals surface area contributed by atoms with Crippen LogP contribution in [0.5, 0.6) is 0 Å². The summed E-state index contributed by atoms with van der Waals surface area (Å²) >= 11 is 0. The monoisotopic (exact) mass is 508 g/mol. The number of carboxylic acids is 1. The lowest BCUT2D eigenvalue weighted by Crippen LogP contribution is -2.28. The molecular weight excluding hydrogens is 452 g/mol. The Labute approximate surface area is 214 Å². The van der Waals surface area contributed by atoms with Crippen LogP contribution in [0, 0.1) is 0 Å². The maximum atomic E-state index is 10.3. The van der Waals surface area contributed by atoms with Crippen molar-refractivity contribution in [2.45, 2.75) is 116 Å². The molecule has 0 bridgehead atoms. The van der Waals surface area contributed by atoms with E-state index in [-0.39, 0.29) is 45.7 Å². The molecule has 0 aliphatic heterocycles. The maximum Gasteiger partial charge on any atom is 0.303 e. The van der Waals surface area contributed by atoms with Crippen molar-refractivity contribution in [2.24, 2.45) is 0 Å². The number of carboxylic acid groups (broad SMARTS) is 1. The Morgan fingerprint density at radius 3 is 1.31 bits per heavy atom. The summed E-state index contributed by atoms with van der Waals surface area (Å²) in [6, 6.07) is 0. The minimum Gasteiger partial charge on any atom is -0.481 e. The third kappa shape index (κ3) is 35.5. The van der Waals surface area contributed by atoms with Crippen LogP contribution in [0.3, 0.4) is 0 Å². The molecule has 0 heterocycles. The van der Waals surface area contributed by atoms with E-state index < -0.39 is 5.97 Å². The molecule has 0 aliphatic rings. The molecule has 0 aromatic rings. The standard InChI is InChI=1S/C18H36O2.C9H20O6/c1-2-3-4-5-6-7-8-9-10-11-12-13-14-15-16-17-18(19)20;10-1-4-13-7-9(15-6-3-12)8-14-5-2-11/h2-17H2,1H3,(H,19,20);9-12H,1-8H2. The van der Waals surface area contributed by atoms with Gasteiger partial charge in [-0.2, -0.15) is 0 Å². The number of rotatable bonds is 27. The first-order valence-electron chi connectivity index (χ1n) is 13.9.